The fourth-order valence-electron chi connectivity index (χ4n) is 3.17. The van der Waals surface area contributed by atoms with Crippen LogP contribution in [0.1, 0.15) is 6.42 Å². The van der Waals surface area contributed by atoms with Gasteiger partial charge in [-0.25, -0.2) is 4.99 Å². The van der Waals surface area contributed by atoms with Crippen molar-refractivity contribution in [3.05, 3.63) is 70.7 Å². The zero-order valence-electron chi connectivity index (χ0n) is 15.9. The molecule has 3 aromatic carbocycles. The number of thioether (sulfide) groups is 1. The molecule has 0 bridgehead atoms. The van der Waals surface area contributed by atoms with Gasteiger partial charge < -0.3 is 5.32 Å². The normalized spacial score (nSPS) is 17.7. The number of benzene rings is 3. The van der Waals surface area contributed by atoms with E-state index in [1.165, 1.54) is 16.7 Å². The van der Waals surface area contributed by atoms with Crippen LogP contribution in [0.5, 0.6) is 0 Å². The summed E-state index contributed by atoms with van der Waals surface area (Å²) in [7, 11) is 1.67. The first-order chi connectivity index (χ1) is 14.4. The van der Waals surface area contributed by atoms with Crippen LogP contribution < -0.4 is 5.32 Å². The molecule has 1 aliphatic rings. The molecule has 8 heteroatoms. The highest BCUT2D eigenvalue weighted by molar-refractivity contribution is 8.15. The van der Waals surface area contributed by atoms with Gasteiger partial charge in [0.05, 0.1) is 16.4 Å². The lowest BCUT2D eigenvalue weighted by Gasteiger charge is -2.10. The molecule has 0 spiro atoms. The Morgan fingerprint density at radius 3 is 2.70 bits per heavy atom. The summed E-state index contributed by atoms with van der Waals surface area (Å²) in [5, 5.41) is 5.67. The largest absolute Gasteiger partial charge is 0.325 e. The molecule has 5 nitrogen and oxygen atoms in total. The first kappa shape index (κ1) is 20.7. The van der Waals surface area contributed by atoms with Gasteiger partial charge in [-0.2, -0.15) is 0 Å². The lowest BCUT2D eigenvalue weighted by Crippen LogP contribution is -2.30. The highest BCUT2D eigenvalue weighted by atomic mass is 35.5. The quantitative estimate of drug-likeness (QED) is 0.543. The van der Waals surface area contributed by atoms with Crippen molar-refractivity contribution in [3.63, 3.8) is 0 Å². The van der Waals surface area contributed by atoms with Crippen LogP contribution in [0, 0.1) is 0 Å². The second-order valence-corrected chi connectivity index (χ2v) is 8.79. The lowest BCUT2D eigenvalue weighted by atomic mass is 10.1. The van der Waals surface area contributed by atoms with Gasteiger partial charge in [0.15, 0.2) is 5.17 Å². The fourth-order valence-corrected chi connectivity index (χ4v) is 4.77. The SMILES string of the molecule is CN1C(=O)[C@H](CC(=O)Nc2ccc(Cl)cc2Cl)SC1=Nc1cccc2ccccc12. The Labute approximate surface area is 188 Å². The molecule has 1 fully saturated rings. The highest BCUT2D eigenvalue weighted by Gasteiger charge is 2.37. The number of hydrogen-bond acceptors (Lipinski definition) is 4. The third-order valence-electron chi connectivity index (χ3n) is 4.70. The Hall–Kier alpha value is -2.54. The molecule has 4 rings (SSSR count). The van der Waals surface area contributed by atoms with Gasteiger partial charge in [-0.3, -0.25) is 14.5 Å². The molecular formula is C22H17Cl2N3O2S. The summed E-state index contributed by atoms with van der Waals surface area (Å²) in [4.78, 5) is 31.3. The number of rotatable bonds is 4. The van der Waals surface area contributed by atoms with Crippen molar-refractivity contribution >= 4 is 74.1 Å². The zero-order valence-corrected chi connectivity index (χ0v) is 18.3. The van der Waals surface area contributed by atoms with Crippen LogP contribution >= 0.6 is 35.0 Å². The van der Waals surface area contributed by atoms with Gasteiger partial charge >= 0.3 is 0 Å². The van der Waals surface area contributed by atoms with Crippen LogP contribution in [0.25, 0.3) is 10.8 Å². The van der Waals surface area contributed by atoms with E-state index in [4.69, 9.17) is 28.2 Å². The average Bonchev–Trinajstić information content (AvgIpc) is 2.98. The van der Waals surface area contributed by atoms with Crippen LogP contribution in [0.15, 0.2) is 65.7 Å². The van der Waals surface area contributed by atoms with E-state index in [0.29, 0.717) is 20.9 Å². The van der Waals surface area contributed by atoms with Gasteiger partial charge in [0.1, 0.15) is 5.25 Å². The molecular weight excluding hydrogens is 441 g/mol. The number of carbonyl (C=O) groups is 2. The van der Waals surface area contributed by atoms with E-state index in [9.17, 15) is 9.59 Å². The van der Waals surface area contributed by atoms with Crippen molar-refractivity contribution in [3.8, 4) is 0 Å². The first-order valence-electron chi connectivity index (χ1n) is 9.18. The van der Waals surface area contributed by atoms with Gasteiger partial charge in [-0.1, -0.05) is 71.4 Å². The fraction of sp³-hybridized carbons (Fsp3) is 0.136. The standard InChI is InChI=1S/C22H17Cl2N3O2S/c1-27-21(29)19(12-20(28)25-18-10-9-14(23)11-16(18)24)30-22(27)26-17-8-4-6-13-5-2-3-7-15(13)17/h2-11,19H,12H2,1H3,(H,25,28)/t19-/m0/s1. The molecule has 152 valence electrons. The lowest BCUT2D eigenvalue weighted by molar-refractivity contribution is -0.127. The number of nitrogens with zero attached hydrogens (tertiary/aromatic N) is 2. The average molecular weight is 458 g/mol. The summed E-state index contributed by atoms with van der Waals surface area (Å²) >= 11 is 13.3. The van der Waals surface area contributed by atoms with E-state index >= 15 is 0 Å². The second-order valence-electron chi connectivity index (χ2n) is 6.77. The number of aliphatic imine (C=N–C) groups is 1. The molecule has 1 aliphatic heterocycles. The Morgan fingerprint density at radius 2 is 1.90 bits per heavy atom. The predicted octanol–water partition coefficient (Wildman–Crippen LogP) is 5.74. The molecule has 2 amide bonds. The van der Waals surface area contributed by atoms with Gasteiger partial charge in [-0.15, -0.1) is 0 Å². The van der Waals surface area contributed by atoms with Gasteiger partial charge in [0.2, 0.25) is 11.8 Å². The summed E-state index contributed by atoms with van der Waals surface area (Å²) in [5.41, 5.74) is 1.24. The first-order valence-corrected chi connectivity index (χ1v) is 10.8. The molecule has 1 N–H and O–H groups in total. The third-order valence-corrected chi connectivity index (χ3v) is 6.48. The molecule has 0 unspecified atom stereocenters. The van der Waals surface area contributed by atoms with E-state index in [0.717, 1.165) is 16.5 Å². The maximum Gasteiger partial charge on any atom is 0.242 e. The second kappa shape index (κ2) is 8.68. The van der Waals surface area contributed by atoms with Gasteiger partial charge in [0, 0.05) is 23.9 Å². The molecule has 3 aromatic rings. The summed E-state index contributed by atoms with van der Waals surface area (Å²) in [6.07, 6.45) is 0.0152. The van der Waals surface area contributed by atoms with E-state index < -0.39 is 5.25 Å². The van der Waals surface area contributed by atoms with Crippen LogP contribution in [-0.4, -0.2) is 34.2 Å². The molecule has 0 aromatic heterocycles. The van der Waals surface area contributed by atoms with E-state index in [1.54, 1.807) is 25.2 Å². The van der Waals surface area contributed by atoms with Gasteiger partial charge in [0.25, 0.3) is 0 Å². The van der Waals surface area contributed by atoms with Crippen LogP contribution in [0.4, 0.5) is 11.4 Å². The number of fused-ring (bicyclic) bond motifs is 1. The van der Waals surface area contributed by atoms with Crippen molar-refractivity contribution in [2.45, 2.75) is 11.7 Å². The number of nitrogens with one attached hydrogen (secondary N) is 1. The molecule has 0 radical (unpaired) electrons. The monoisotopic (exact) mass is 457 g/mol. The van der Waals surface area contributed by atoms with E-state index in [2.05, 4.69) is 5.32 Å². The summed E-state index contributed by atoms with van der Waals surface area (Å²) < 4.78 is 0. The van der Waals surface area contributed by atoms with E-state index in [-0.39, 0.29) is 18.2 Å². The molecule has 1 saturated heterocycles. The molecule has 30 heavy (non-hydrogen) atoms. The number of anilines is 1. The summed E-state index contributed by atoms with van der Waals surface area (Å²) in [6, 6.07) is 18.6. The predicted molar refractivity (Wildman–Crippen MR) is 125 cm³/mol. The van der Waals surface area contributed by atoms with Crippen LogP contribution in [0.2, 0.25) is 10.0 Å². The topological polar surface area (TPSA) is 61.8 Å². The summed E-state index contributed by atoms with van der Waals surface area (Å²) in [6.45, 7) is 0. The zero-order chi connectivity index (χ0) is 21.3. The maximum atomic E-state index is 12.7. The van der Waals surface area contributed by atoms with E-state index in [1.807, 2.05) is 42.5 Å². The minimum atomic E-state index is -0.546. The van der Waals surface area contributed by atoms with Gasteiger partial charge in [-0.05, 0) is 29.7 Å². The van der Waals surface area contributed by atoms with Crippen molar-refractivity contribution in [2.75, 3.05) is 12.4 Å². The van der Waals surface area contributed by atoms with Crippen LogP contribution in [-0.2, 0) is 9.59 Å². The highest BCUT2D eigenvalue weighted by Crippen LogP contribution is 2.33. The van der Waals surface area contributed by atoms with Crippen LogP contribution in [0.3, 0.4) is 0 Å². The number of amides is 2. The maximum absolute atomic E-state index is 12.7. The van der Waals surface area contributed by atoms with Crippen molar-refractivity contribution in [1.29, 1.82) is 0 Å². The minimum Gasteiger partial charge on any atom is -0.325 e. The Bertz CT molecular complexity index is 1180. The number of hydrogen-bond donors (Lipinski definition) is 1. The molecule has 0 aliphatic carbocycles. The number of carbonyl (C=O) groups excluding carboxylic acids is 2. The smallest absolute Gasteiger partial charge is 0.242 e. The van der Waals surface area contributed by atoms with Crippen molar-refractivity contribution in [2.24, 2.45) is 4.99 Å². The molecule has 1 atom stereocenters. The number of halogens is 2. The Morgan fingerprint density at radius 1 is 1.13 bits per heavy atom. The van der Waals surface area contributed by atoms with Crippen molar-refractivity contribution < 1.29 is 9.59 Å². The Balaban J connectivity index is 1.51. The molecule has 1 heterocycles. The minimum absolute atomic E-state index is 0.0152. The third kappa shape index (κ3) is 4.31. The van der Waals surface area contributed by atoms with Crippen molar-refractivity contribution in [1.82, 2.24) is 4.90 Å². The molecule has 0 saturated carbocycles. The Kier molecular flexibility index (Phi) is 5.99. The summed E-state index contributed by atoms with van der Waals surface area (Å²) in [5.74, 6) is -0.457. The number of amidine groups is 1.